The Bertz CT molecular complexity index is 545. The van der Waals surface area contributed by atoms with Crippen molar-refractivity contribution in [1.29, 1.82) is 0 Å². The highest BCUT2D eigenvalue weighted by molar-refractivity contribution is 9.10. The van der Waals surface area contributed by atoms with Crippen molar-refractivity contribution >= 4 is 33.3 Å². The highest BCUT2D eigenvalue weighted by atomic mass is 79.9. The van der Waals surface area contributed by atoms with Gasteiger partial charge in [-0.05, 0) is 31.9 Å². The number of rotatable bonds is 2. The van der Waals surface area contributed by atoms with Crippen LogP contribution in [0, 0.1) is 10.1 Å². The number of nitrogens with one attached hydrogen (secondary N) is 1. The lowest BCUT2D eigenvalue weighted by molar-refractivity contribution is -0.384. The van der Waals surface area contributed by atoms with E-state index in [9.17, 15) is 14.9 Å². The maximum Gasteiger partial charge on any atom is 0.322 e. The van der Waals surface area contributed by atoms with Gasteiger partial charge in [0.1, 0.15) is 5.69 Å². The van der Waals surface area contributed by atoms with Crippen LogP contribution in [0.4, 0.5) is 16.2 Å². The Morgan fingerprint density at radius 2 is 2.21 bits per heavy atom. The molecule has 0 aromatic heterocycles. The number of carbonyl (C=O) groups is 1. The van der Waals surface area contributed by atoms with Crippen LogP contribution in [0.1, 0.15) is 19.4 Å². The minimum atomic E-state index is -0.454. The van der Waals surface area contributed by atoms with Crippen LogP contribution in [0.15, 0.2) is 16.6 Å². The van der Waals surface area contributed by atoms with Gasteiger partial charge in [0, 0.05) is 23.1 Å². The standard InChI is InChI=1S/C12H14BrN3O3/c1-7(2)14-12(17)15-4-3-8-5-9(13)6-10(11(8)15)16(18)19/h5-7H,3-4H2,1-2H3,(H,14,17). The van der Waals surface area contributed by atoms with E-state index in [-0.39, 0.29) is 17.8 Å². The third kappa shape index (κ3) is 2.70. The molecule has 0 unspecified atom stereocenters. The molecule has 0 aliphatic carbocycles. The lowest BCUT2D eigenvalue weighted by atomic mass is 10.1. The molecule has 1 heterocycles. The topological polar surface area (TPSA) is 75.5 Å². The summed E-state index contributed by atoms with van der Waals surface area (Å²) in [5.74, 6) is 0. The predicted octanol–water partition coefficient (Wildman–Crippen LogP) is 2.84. The van der Waals surface area contributed by atoms with Gasteiger partial charge in [-0.2, -0.15) is 0 Å². The fourth-order valence-electron chi connectivity index (χ4n) is 2.15. The molecule has 19 heavy (non-hydrogen) atoms. The van der Waals surface area contributed by atoms with E-state index in [4.69, 9.17) is 0 Å². The van der Waals surface area contributed by atoms with Crippen LogP contribution in [-0.4, -0.2) is 23.5 Å². The maximum atomic E-state index is 12.1. The molecule has 6 nitrogen and oxygen atoms in total. The third-order valence-corrected chi connectivity index (χ3v) is 3.32. The zero-order chi connectivity index (χ0) is 14.2. The fraction of sp³-hybridized carbons (Fsp3) is 0.417. The lowest BCUT2D eigenvalue weighted by Crippen LogP contribution is -2.42. The van der Waals surface area contributed by atoms with Gasteiger partial charge in [-0.3, -0.25) is 15.0 Å². The number of carbonyl (C=O) groups excluding carboxylic acids is 1. The first kappa shape index (κ1) is 13.8. The molecule has 2 rings (SSSR count). The molecule has 0 bridgehead atoms. The van der Waals surface area contributed by atoms with Crippen molar-refractivity contribution in [2.75, 3.05) is 11.4 Å². The van der Waals surface area contributed by atoms with Gasteiger partial charge in [0.25, 0.3) is 5.69 Å². The number of hydrogen-bond donors (Lipinski definition) is 1. The van der Waals surface area contributed by atoms with Crippen molar-refractivity contribution in [3.05, 3.63) is 32.3 Å². The number of hydrogen-bond acceptors (Lipinski definition) is 3. The van der Waals surface area contributed by atoms with E-state index in [1.807, 2.05) is 19.9 Å². The molecule has 1 aliphatic heterocycles. The number of urea groups is 1. The second-order valence-electron chi connectivity index (χ2n) is 4.70. The van der Waals surface area contributed by atoms with Crippen molar-refractivity contribution in [2.24, 2.45) is 0 Å². The van der Waals surface area contributed by atoms with Gasteiger partial charge in [0.05, 0.1) is 4.92 Å². The third-order valence-electron chi connectivity index (χ3n) is 2.86. The highest BCUT2D eigenvalue weighted by Crippen LogP contribution is 2.39. The van der Waals surface area contributed by atoms with E-state index < -0.39 is 4.92 Å². The van der Waals surface area contributed by atoms with Crippen LogP contribution in [0.5, 0.6) is 0 Å². The summed E-state index contributed by atoms with van der Waals surface area (Å²) in [5, 5.41) is 13.9. The summed E-state index contributed by atoms with van der Waals surface area (Å²) in [6.45, 7) is 4.17. The molecule has 1 aromatic carbocycles. The predicted molar refractivity (Wildman–Crippen MR) is 75.5 cm³/mol. The first-order valence-electron chi connectivity index (χ1n) is 5.95. The van der Waals surface area contributed by atoms with Crippen LogP contribution in [-0.2, 0) is 6.42 Å². The quantitative estimate of drug-likeness (QED) is 0.670. The van der Waals surface area contributed by atoms with Gasteiger partial charge in [-0.15, -0.1) is 0 Å². The molecule has 102 valence electrons. The van der Waals surface area contributed by atoms with E-state index in [0.717, 1.165) is 5.56 Å². The zero-order valence-corrected chi connectivity index (χ0v) is 12.2. The summed E-state index contributed by atoms with van der Waals surface area (Å²) >= 11 is 3.26. The van der Waals surface area contributed by atoms with Crippen LogP contribution in [0.3, 0.4) is 0 Å². The number of amides is 2. The number of anilines is 1. The number of fused-ring (bicyclic) bond motifs is 1. The monoisotopic (exact) mass is 327 g/mol. The van der Waals surface area contributed by atoms with E-state index in [0.29, 0.717) is 23.1 Å². The van der Waals surface area contributed by atoms with Crippen LogP contribution in [0.25, 0.3) is 0 Å². The second-order valence-corrected chi connectivity index (χ2v) is 5.61. The lowest BCUT2D eigenvalue weighted by Gasteiger charge is -2.19. The summed E-state index contributed by atoms with van der Waals surface area (Å²) < 4.78 is 0.657. The van der Waals surface area contributed by atoms with E-state index in [1.54, 1.807) is 0 Å². The summed E-state index contributed by atoms with van der Waals surface area (Å²) in [6.07, 6.45) is 0.626. The van der Waals surface area contributed by atoms with E-state index in [1.165, 1.54) is 11.0 Å². The molecule has 1 aliphatic rings. The number of nitro groups is 1. The van der Waals surface area contributed by atoms with Crippen LogP contribution in [0.2, 0.25) is 0 Å². The number of nitro benzene ring substituents is 1. The second kappa shape index (κ2) is 5.16. The molecule has 2 amide bonds. The molecular formula is C12H14BrN3O3. The van der Waals surface area contributed by atoms with Crippen LogP contribution < -0.4 is 10.2 Å². The molecular weight excluding hydrogens is 314 g/mol. The molecule has 0 spiro atoms. The summed E-state index contributed by atoms with van der Waals surface area (Å²) in [5.41, 5.74) is 1.19. The Morgan fingerprint density at radius 1 is 1.53 bits per heavy atom. The smallest absolute Gasteiger partial charge is 0.322 e. The molecule has 7 heteroatoms. The first-order valence-corrected chi connectivity index (χ1v) is 6.74. The number of benzene rings is 1. The van der Waals surface area contributed by atoms with E-state index in [2.05, 4.69) is 21.2 Å². The largest absolute Gasteiger partial charge is 0.336 e. The minimum absolute atomic E-state index is 0.00828. The minimum Gasteiger partial charge on any atom is -0.336 e. The zero-order valence-electron chi connectivity index (χ0n) is 10.6. The average Bonchev–Trinajstić information content (AvgIpc) is 2.70. The Kier molecular flexibility index (Phi) is 3.75. The van der Waals surface area contributed by atoms with Gasteiger partial charge in [-0.1, -0.05) is 15.9 Å². The molecule has 1 aromatic rings. The highest BCUT2D eigenvalue weighted by Gasteiger charge is 2.32. The summed E-state index contributed by atoms with van der Waals surface area (Å²) in [4.78, 5) is 24.2. The fourth-order valence-corrected chi connectivity index (χ4v) is 2.65. The normalized spacial score (nSPS) is 13.6. The van der Waals surface area contributed by atoms with Gasteiger partial charge in [0.15, 0.2) is 0 Å². The first-order chi connectivity index (χ1) is 8.90. The SMILES string of the molecule is CC(C)NC(=O)N1CCc2cc(Br)cc([N+](=O)[O-])c21. The molecule has 0 radical (unpaired) electrons. The average molecular weight is 328 g/mol. The Labute approximate surface area is 119 Å². The molecule has 0 fully saturated rings. The van der Waals surface area contributed by atoms with Crippen molar-refractivity contribution < 1.29 is 9.72 Å². The van der Waals surface area contributed by atoms with Crippen molar-refractivity contribution in [1.82, 2.24) is 5.32 Å². The van der Waals surface area contributed by atoms with E-state index >= 15 is 0 Å². The van der Waals surface area contributed by atoms with Crippen LogP contribution >= 0.6 is 15.9 Å². The Morgan fingerprint density at radius 3 is 2.79 bits per heavy atom. The van der Waals surface area contributed by atoms with Crippen molar-refractivity contribution in [3.8, 4) is 0 Å². The van der Waals surface area contributed by atoms with Crippen molar-refractivity contribution in [3.63, 3.8) is 0 Å². The summed E-state index contributed by atoms with van der Waals surface area (Å²) in [6, 6.07) is 2.95. The number of nitrogens with zero attached hydrogens (tertiary/aromatic N) is 2. The van der Waals surface area contributed by atoms with Gasteiger partial charge < -0.3 is 5.32 Å². The van der Waals surface area contributed by atoms with Gasteiger partial charge in [-0.25, -0.2) is 4.79 Å². The van der Waals surface area contributed by atoms with Gasteiger partial charge >= 0.3 is 6.03 Å². The van der Waals surface area contributed by atoms with Crippen molar-refractivity contribution in [2.45, 2.75) is 26.3 Å². The Balaban J connectivity index is 2.43. The molecule has 0 saturated heterocycles. The number of halogens is 1. The van der Waals surface area contributed by atoms with Gasteiger partial charge in [0.2, 0.25) is 0 Å². The molecule has 0 atom stereocenters. The molecule has 0 saturated carbocycles. The molecule has 1 N–H and O–H groups in total. The summed E-state index contributed by atoms with van der Waals surface area (Å²) in [7, 11) is 0. The Hall–Kier alpha value is -1.63. The maximum absolute atomic E-state index is 12.1.